The van der Waals surface area contributed by atoms with Gasteiger partial charge >= 0.3 is 6.03 Å². The molecule has 4 heterocycles. The summed E-state index contributed by atoms with van der Waals surface area (Å²) in [4.78, 5) is 38.2. The Hall–Kier alpha value is -3.46. The number of hydrogen-bond acceptors (Lipinski definition) is 6. The number of ether oxygens (including phenoxy) is 1. The molecule has 2 aliphatic heterocycles. The molecule has 1 aromatic carbocycles. The Labute approximate surface area is 229 Å². The first-order valence-corrected chi connectivity index (χ1v) is 14.4. The highest BCUT2D eigenvalue weighted by Crippen LogP contribution is 2.28. The van der Waals surface area contributed by atoms with E-state index < -0.39 is 0 Å². The van der Waals surface area contributed by atoms with Crippen molar-refractivity contribution in [2.75, 3.05) is 31.6 Å². The van der Waals surface area contributed by atoms with Gasteiger partial charge in [-0.2, -0.15) is 4.98 Å². The van der Waals surface area contributed by atoms with Gasteiger partial charge in [-0.05, 0) is 56.2 Å². The molecule has 2 amide bonds. The third kappa shape index (κ3) is 5.50. The van der Waals surface area contributed by atoms with Crippen LogP contribution in [-0.2, 0) is 4.74 Å². The van der Waals surface area contributed by atoms with Crippen LogP contribution >= 0.6 is 0 Å². The molecule has 0 spiro atoms. The van der Waals surface area contributed by atoms with E-state index in [1.807, 2.05) is 52.9 Å². The lowest BCUT2D eigenvalue weighted by Gasteiger charge is -2.26. The zero-order valence-electron chi connectivity index (χ0n) is 22.7. The summed E-state index contributed by atoms with van der Waals surface area (Å²) >= 11 is 0. The van der Waals surface area contributed by atoms with Crippen LogP contribution < -0.4 is 16.2 Å². The van der Waals surface area contributed by atoms with Gasteiger partial charge in [0.05, 0.1) is 0 Å². The number of aryl methyl sites for hydroxylation is 1. The Balaban J connectivity index is 1.26. The number of nitrogens with one attached hydrogen (secondary N) is 2. The summed E-state index contributed by atoms with van der Waals surface area (Å²) in [5.41, 5.74) is 3.29. The van der Waals surface area contributed by atoms with Gasteiger partial charge in [0.1, 0.15) is 5.65 Å². The van der Waals surface area contributed by atoms with Crippen LogP contribution in [0.1, 0.15) is 63.0 Å². The van der Waals surface area contributed by atoms with Crippen LogP contribution in [0.3, 0.4) is 0 Å². The summed E-state index contributed by atoms with van der Waals surface area (Å²) in [6, 6.07) is 10.3. The first-order chi connectivity index (χ1) is 19.1. The van der Waals surface area contributed by atoms with Crippen molar-refractivity contribution in [1.29, 1.82) is 0 Å². The number of pyridine rings is 1. The van der Waals surface area contributed by atoms with E-state index in [-0.39, 0.29) is 23.7 Å². The summed E-state index contributed by atoms with van der Waals surface area (Å²) in [6.45, 7) is 4.60. The van der Waals surface area contributed by atoms with E-state index >= 15 is 0 Å². The molecule has 2 saturated heterocycles. The van der Waals surface area contributed by atoms with E-state index in [0.717, 1.165) is 48.6 Å². The third-order valence-corrected chi connectivity index (χ3v) is 8.51. The van der Waals surface area contributed by atoms with E-state index in [2.05, 4.69) is 15.6 Å². The highest BCUT2D eigenvalue weighted by atomic mass is 16.5. The van der Waals surface area contributed by atoms with Crippen LogP contribution in [0.2, 0.25) is 0 Å². The van der Waals surface area contributed by atoms with Gasteiger partial charge < -0.3 is 20.3 Å². The van der Waals surface area contributed by atoms with Crippen molar-refractivity contribution in [2.45, 2.75) is 76.4 Å². The van der Waals surface area contributed by atoms with Crippen molar-refractivity contribution in [2.24, 2.45) is 0 Å². The molecule has 9 heteroatoms. The van der Waals surface area contributed by atoms with Crippen LogP contribution in [0.25, 0.3) is 22.2 Å². The monoisotopic (exact) mass is 530 g/mol. The Kier molecular flexibility index (Phi) is 7.50. The topological polar surface area (TPSA) is 101 Å². The fourth-order valence-electron chi connectivity index (χ4n) is 6.30. The van der Waals surface area contributed by atoms with Crippen LogP contribution in [0.5, 0.6) is 0 Å². The molecule has 1 saturated carbocycles. The fourth-order valence-corrected chi connectivity index (χ4v) is 6.30. The van der Waals surface area contributed by atoms with Gasteiger partial charge in [0.2, 0.25) is 5.95 Å². The maximum absolute atomic E-state index is 14.0. The molecule has 39 heavy (non-hydrogen) atoms. The number of urea groups is 1. The summed E-state index contributed by atoms with van der Waals surface area (Å²) in [5, 5.41) is 7.50. The number of fused-ring (bicyclic) bond motifs is 1. The standard InChI is InChI=1S/C30H38N6O3/c1-20-7-5-6-10-25(20)26-17-21-18-31-29(34-27(21)36(28(26)37)24-12-15-39-16-13-24)32-23-11-14-35(19-23)30(38)33-22-8-3-2-4-9-22/h5-7,10,17-18,22-24H,2-4,8-9,11-16,19H2,1H3,(H,33,38)(H,31,32,34)/t23-/m0/s1. The lowest BCUT2D eigenvalue weighted by Crippen LogP contribution is -2.45. The minimum Gasteiger partial charge on any atom is -0.381 e. The second-order valence-corrected chi connectivity index (χ2v) is 11.2. The minimum atomic E-state index is -0.0280. The molecule has 0 unspecified atom stereocenters. The molecule has 9 nitrogen and oxygen atoms in total. The zero-order chi connectivity index (χ0) is 26.8. The Bertz CT molecular complexity index is 1390. The van der Waals surface area contributed by atoms with Crippen molar-refractivity contribution in [3.8, 4) is 11.1 Å². The molecular weight excluding hydrogens is 492 g/mol. The number of rotatable bonds is 5. The van der Waals surface area contributed by atoms with Gasteiger partial charge in [-0.3, -0.25) is 9.36 Å². The van der Waals surface area contributed by atoms with Crippen molar-refractivity contribution in [3.05, 3.63) is 52.4 Å². The quantitative estimate of drug-likeness (QED) is 0.498. The van der Waals surface area contributed by atoms with E-state index in [4.69, 9.17) is 9.72 Å². The van der Waals surface area contributed by atoms with Crippen LogP contribution in [0, 0.1) is 6.92 Å². The zero-order valence-corrected chi connectivity index (χ0v) is 22.7. The number of carbonyl (C=O) groups excluding carboxylic acids is 1. The van der Waals surface area contributed by atoms with Gasteiger partial charge in [-0.15, -0.1) is 0 Å². The summed E-state index contributed by atoms with van der Waals surface area (Å²) in [7, 11) is 0. The summed E-state index contributed by atoms with van der Waals surface area (Å²) in [5.74, 6) is 0.492. The van der Waals surface area contributed by atoms with Gasteiger partial charge in [0.15, 0.2) is 0 Å². The predicted molar refractivity (Wildman–Crippen MR) is 152 cm³/mol. The molecule has 2 N–H and O–H groups in total. The third-order valence-electron chi connectivity index (χ3n) is 8.51. The molecular formula is C30H38N6O3. The summed E-state index contributed by atoms with van der Waals surface area (Å²) < 4.78 is 7.47. The number of hydrogen-bond donors (Lipinski definition) is 2. The molecule has 0 bridgehead atoms. The van der Waals surface area contributed by atoms with Gasteiger partial charge in [0, 0.05) is 61.6 Å². The number of benzene rings is 1. The Morgan fingerprint density at radius 2 is 1.79 bits per heavy atom. The minimum absolute atomic E-state index is 0.0194. The van der Waals surface area contributed by atoms with Crippen molar-refractivity contribution < 1.29 is 9.53 Å². The second-order valence-electron chi connectivity index (χ2n) is 11.2. The van der Waals surface area contributed by atoms with Gasteiger partial charge in [-0.25, -0.2) is 9.78 Å². The first-order valence-electron chi connectivity index (χ1n) is 14.4. The molecule has 6 rings (SSSR count). The van der Waals surface area contributed by atoms with Gasteiger partial charge in [0.25, 0.3) is 5.56 Å². The highest BCUT2D eigenvalue weighted by Gasteiger charge is 2.29. The molecule has 3 aromatic rings. The van der Waals surface area contributed by atoms with Crippen molar-refractivity contribution >= 4 is 23.0 Å². The van der Waals surface area contributed by atoms with Crippen molar-refractivity contribution in [1.82, 2.24) is 24.8 Å². The predicted octanol–water partition coefficient (Wildman–Crippen LogP) is 4.65. The lowest BCUT2D eigenvalue weighted by atomic mass is 9.96. The number of amides is 2. The highest BCUT2D eigenvalue weighted by molar-refractivity contribution is 5.82. The fraction of sp³-hybridized carbons (Fsp3) is 0.533. The second kappa shape index (κ2) is 11.3. The van der Waals surface area contributed by atoms with E-state index in [1.54, 1.807) is 0 Å². The largest absolute Gasteiger partial charge is 0.381 e. The maximum Gasteiger partial charge on any atom is 0.317 e. The van der Waals surface area contributed by atoms with E-state index in [9.17, 15) is 9.59 Å². The number of carbonyl (C=O) groups is 1. The SMILES string of the molecule is Cc1ccccc1-c1cc2cnc(N[C@H]3CCN(C(=O)NC4CCCCC4)C3)nc2n(C2CCOCC2)c1=O. The Morgan fingerprint density at radius 1 is 1.00 bits per heavy atom. The molecule has 206 valence electrons. The molecule has 1 aliphatic carbocycles. The summed E-state index contributed by atoms with van der Waals surface area (Å²) in [6.07, 6.45) is 9.99. The van der Waals surface area contributed by atoms with E-state index in [0.29, 0.717) is 49.5 Å². The van der Waals surface area contributed by atoms with E-state index in [1.165, 1.54) is 19.3 Å². The molecule has 2 aromatic heterocycles. The number of nitrogens with zero attached hydrogens (tertiary/aromatic N) is 4. The van der Waals surface area contributed by atoms with Crippen molar-refractivity contribution in [3.63, 3.8) is 0 Å². The normalized spacial score (nSPS) is 20.8. The van der Waals surface area contributed by atoms with Gasteiger partial charge in [-0.1, -0.05) is 43.5 Å². The molecule has 0 radical (unpaired) electrons. The molecule has 3 aliphatic rings. The number of likely N-dealkylation sites (tertiary alicyclic amines) is 1. The first kappa shape index (κ1) is 25.8. The number of aromatic nitrogens is 3. The number of anilines is 1. The van der Waals surface area contributed by atoms with Crippen LogP contribution in [0.4, 0.5) is 10.7 Å². The average molecular weight is 531 g/mol. The Morgan fingerprint density at radius 3 is 2.59 bits per heavy atom. The maximum atomic E-state index is 14.0. The molecule has 1 atom stereocenters. The average Bonchev–Trinajstić information content (AvgIpc) is 3.43. The smallest absolute Gasteiger partial charge is 0.317 e. The molecule has 3 fully saturated rings. The van der Waals surface area contributed by atoms with Crippen LogP contribution in [0.15, 0.2) is 41.3 Å². The van der Waals surface area contributed by atoms with Crippen LogP contribution in [-0.4, -0.2) is 63.9 Å². The lowest BCUT2D eigenvalue weighted by molar-refractivity contribution is 0.0697.